The summed E-state index contributed by atoms with van der Waals surface area (Å²) in [7, 11) is 1.68. The second-order valence-corrected chi connectivity index (χ2v) is 5.53. The van der Waals surface area contributed by atoms with Gasteiger partial charge >= 0.3 is 0 Å². The van der Waals surface area contributed by atoms with Gasteiger partial charge in [-0.3, -0.25) is 4.68 Å². The van der Waals surface area contributed by atoms with Crippen molar-refractivity contribution in [1.82, 2.24) is 15.1 Å². The predicted octanol–water partition coefficient (Wildman–Crippen LogP) is 3.12. The van der Waals surface area contributed by atoms with Crippen molar-refractivity contribution in [2.75, 3.05) is 13.7 Å². The second-order valence-electron chi connectivity index (χ2n) is 4.67. The van der Waals surface area contributed by atoms with Gasteiger partial charge in [-0.15, -0.1) is 0 Å². The fourth-order valence-electron chi connectivity index (χ4n) is 2.05. The van der Waals surface area contributed by atoms with Crippen LogP contribution in [0.4, 0.5) is 0 Å². The second kappa shape index (κ2) is 6.90. The molecule has 0 aliphatic carbocycles. The molecule has 108 valence electrons. The molecule has 0 saturated heterocycles. The van der Waals surface area contributed by atoms with Crippen LogP contribution in [-0.4, -0.2) is 23.4 Å². The van der Waals surface area contributed by atoms with Crippen molar-refractivity contribution < 1.29 is 4.74 Å². The number of nitrogens with zero attached hydrogens (tertiary/aromatic N) is 2. The molecular weight excluding hydrogens is 318 g/mol. The van der Waals surface area contributed by atoms with Gasteiger partial charge in [0.05, 0.1) is 19.3 Å². The molecule has 0 bridgehead atoms. The van der Waals surface area contributed by atoms with Crippen LogP contribution in [0.1, 0.15) is 23.7 Å². The van der Waals surface area contributed by atoms with Crippen LogP contribution >= 0.6 is 15.9 Å². The van der Waals surface area contributed by atoms with Gasteiger partial charge in [0.15, 0.2) is 0 Å². The molecule has 0 fully saturated rings. The van der Waals surface area contributed by atoms with E-state index in [1.807, 2.05) is 29.8 Å². The van der Waals surface area contributed by atoms with Crippen LogP contribution in [0, 0.1) is 6.92 Å². The Kier molecular flexibility index (Phi) is 5.20. The average Bonchev–Trinajstić information content (AvgIpc) is 2.79. The number of methoxy groups -OCH3 is 1. The molecule has 1 aromatic carbocycles. The van der Waals surface area contributed by atoms with E-state index < -0.39 is 0 Å². The van der Waals surface area contributed by atoms with Crippen LogP contribution in [0.2, 0.25) is 0 Å². The zero-order chi connectivity index (χ0) is 14.5. The zero-order valence-electron chi connectivity index (χ0n) is 12.1. The SMILES string of the molecule is CCNCc1cn(Cc2cc(OC)ccc2Br)nc1C. The van der Waals surface area contributed by atoms with Gasteiger partial charge in [-0.1, -0.05) is 22.9 Å². The van der Waals surface area contributed by atoms with Gasteiger partial charge in [-0.05, 0) is 37.2 Å². The van der Waals surface area contributed by atoms with E-state index in [-0.39, 0.29) is 0 Å². The third-order valence-electron chi connectivity index (χ3n) is 3.20. The maximum absolute atomic E-state index is 5.27. The minimum Gasteiger partial charge on any atom is -0.497 e. The summed E-state index contributed by atoms with van der Waals surface area (Å²) in [5.41, 5.74) is 3.47. The largest absolute Gasteiger partial charge is 0.497 e. The van der Waals surface area contributed by atoms with Crippen LogP contribution in [0.25, 0.3) is 0 Å². The van der Waals surface area contributed by atoms with E-state index in [1.54, 1.807) is 7.11 Å². The smallest absolute Gasteiger partial charge is 0.119 e. The van der Waals surface area contributed by atoms with E-state index in [2.05, 4.69) is 39.5 Å². The Hall–Kier alpha value is -1.33. The van der Waals surface area contributed by atoms with Gasteiger partial charge in [0.1, 0.15) is 5.75 Å². The zero-order valence-corrected chi connectivity index (χ0v) is 13.7. The molecule has 0 aliphatic heterocycles. The lowest BCUT2D eigenvalue weighted by atomic mass is 10.2. The van der Waals surface area contributed by atoms with Crippen molar-refractivity contribution in [1.29, 1.82) is 0 Å². The number of hydrogen-bond donors (Lipinski definition) is 1. The normalized spacial score (nSPS) is 10.8. The highest BCUT2D eigenvalue weighted by Crippen LogP contribution is 2.23. The summed E-state index contributed by atoms with van der Waals surface area (Å²) in [6, 6.07) is 5.98. The van der Waals surface area contributed by atoms with E-state index in [1.165, 1.54) is 5.56 Å². The van der Waals surface area contributed by atoms with Crippen LogP contribution in [0.3, 0.4) is 0 Å². The van der Waals surface area contributed by atoms with Crippen LogP contribution in [0.5, 0.6) is 5.75 Å². The molecule has 5 heteroatoms. The van der Waals surface area contributed by atoms with Crippen LogP contribution in [0.15, 0.2) is 28.9 Å². The van der Waals surface area contributed by atoms with E-state index in [0.717, 1.165) is 41.1 Å². The number of halogens is 1. The Morgan fingerprint density at radius 1 is 1.35 bits per heavy atom. The molecule has 4 nitrogen and oxygen atoms in total. The molecule has 2 rings (SSSR count). The van der Waals surface area contributed by atoms with E-state index in [9.17, 15) is 0 Å². The Morgan fingerprint density at radius 3 is 2.85 bits per heavy atom. The number of hydrogen-bond acceptors (Lipinski definition) is 3. The molecule has 0 unspecified atom stereocenters. The van der Waals surface area contributed by atoms with Crippen molar-refractivity contribution in [2.24, 2.45) is 0 Å². The van der Waals surface area contributed by atoms with Gasteiger partial charge in [0.2, 0.25) is 0 Å². The summed E-state index contributed by atoms with van der Waals surface area (Å²) in [5, 5.41) is 7.90. The number of rotatable bonds is 6. The molecule has 0 amide bonds. The van der Waals surface area contributed by atoms with E-state index in [4.69, 9.17) is 4.74 Å². The fourth-order valence-corrected chi connectivity index (χ4v) is 2.42. The molecule has 0 aliphatic rings. The average molecular weight is 338 g/mol. The van der Waals surface area contributed by atoms with Crippen molar-refractivity contribution >= 4 is 15.9 Å². The summed E-state index contributed by atoms with van der Waals surface area (Å²) >= 11 is 3.58. The Labute approximate surface area is 128 Å². The summed E-state index contributed by atoms with van der Waals surface area (Å²) < 4.78 is 8.31. The summed E-state index contributed by atoms with van der Waals surface area (Å²) in [5.74, 6) is 0.861. The molecule has 0 atom stereocenters. The quantitative estimate of drug-likeness (QED) is 0.880. The van der Waals surface area contributed by atoms with E-state index in [0.29, 0.717) is 0 Å². The minimum atomic E-state index is 0.727. The molecule has 0 saturated carbocycles. The number of benzene rings is 1. The molecule has 1 N–H and O–H groups in total. The van der Waals surface area contributed by atoms with Gasteiger partial charge in [-0.2, -0.15) is 5.10 Å². The van der Waals surface area contributed by atoms with Gasteiger partial charge in [0, 0.05) is 22.8 Å². The lowest BCUT2D eigenvalue weighted by Gasteiger charge is -2.07. The van der Waals surface area contributed by atoms with Gasteiger partial charge in [0.25, 0.3) is 0 Å². The fraction of sp³-hybridized carbons (Fsp3) is 0.400. The predicted molar refractivity (Wildman–Crippen MR) is 84.1 cm³/mol. The highest BCUT2D eigenvalue weighted by atomic mass is 79.9. The first-order chi connectivity index (χ1) is 9.63. The first-order valence-corrected chi connectivity index (χ1v) is 7.49. The molecule has 2 aromatic rings. The van der Waals surface area contributed by atoms with Crippen molar-refractivity contribution in [3.63, 3.8) is 0 Å². The lowest BCUT2D eigenvalue weighted by molar-refractivity contribution is 0.414. The van der Waals surface area contributed by atoms with Crippen molar-refractivity contribution in [3.8, 4) is 5.75 Å². The van der Waals surface area contributed by atoms with Crippen LogP contribution < -0.4 is 10.1 Å². The minimum absolute atomic E-state index is 0.727. The standard InChI is InChI=1S/C15H20BrN3O/c1-4-17-8-13-10-19(18-11(13)2)9-12-7-14(20-3)5-6-15(12)16/h5-7,10,17H,4,8-9H2,1-3H3. The topological polar surface area (TPSA) is 39.1 Å². The molecule has 1 aromatic heterocycles. The molecular formula is C15H20BrN3O. The maximum Gasteiger partial charge on any atom is 0.119 e. The third-order valence-corrected chi connectivity index (χ3v) is 3.97. The monoisotopic (exact) mass is 337 g/mol. The summed E-state index contributed by atoms with van der Waals surface area (Å²) in [6.45, 7) is 6.70. The number of nitrogens with one attached hydrogen (secondary N) is 1. The van der Waals surface area contributed by atoms with Gasteiger partial charge < -0.3 is 10.1 Å². The van der Waals surface area contributed by atoms with Crippen molar-refractivity contribution in [2.45, 2.75) is 26.9 Å². The lowest BCUT2D eigenvalue weighted by Crippen LogP contribution is -2.11. The molecule has 0 spiro atoms. The molecule has 0 radical (unpaired) electrons. The maximum atomic E-state index is 5.27. The Bertz CT molecular complexity index is 580. The highest BCUT2D eigenvalue weighted by molar-refractivity contribution is 9.10. The number of aromatic nitrogens is 2. The number of aryl methyl sites for hydroxylation is 1. The first kappa shape index (κ1) is 15.1. The third kappa shape index (κ3) is 3.61. The molecule has 1 heterocycles. The Morgan fingerprint density at radius 2 is 2.15 bits per heavy atom. The first-order valence-electron chi connectivity index (χ1n) is 6.70. The van der Waals surface area contributed by atoms with E-state index >= 15 is 0 Å². The molecule has 20 heavy (non-hydrogen) atoms. The van der Waals surface area contributed by atoms with Crippen molar-refractivity contribution in [3.05, 3.63) is 45.7 Å². The highest BCUT2D eigenvalue weighted by Gasteiger charge is 2.07. The van der Waals surface area contributed by atoms with Crippen LogP contribution in [-0.2, 0) is 13.1 Å². The van der Waals surface area contributed by atoms with Gasteiger partial charge in [-0.25, -0.2) is 0 Å². The summed E-state index contributed by atoms with van der Waals surface area (Å²) in [6.07, 6.45) is 2.10. The number of ether oxygens (including phenoxy) is 1. The Balaban J connectivity index is 2.17. The summed E-state index contributed by atoms with van der Waals surface area (Å²) in [4.78, 5) is 0.